The molecule has 1 atom stereocenters. The maximum atomic E-state index is 12.9. The van der Waals surface area contributed by atoms with Gasteiger partial charge in [0.05, 0.1) is 30.1 Å². The maximum absolute atomic E-state index is 12.9. The fourth-order valence-corrected chi connectivity index (χ4v) is 2.60. The number of hydrogen-bond acceptors (Lipinski definition) is 6. The van der Waals surface area contributed by atoms with Crippen LogP contribution >= 0.6 is 0 Å². The van der Waals surface area contributed by atoms with Crippen molar-refractivity contribution in [3.8, 4) is 28.4 Å². The highest BCUT2D eigenvalue weighted by Crippen LogP contribution is 2.27. The second-order valence-corrected chi connectivity index (χ2v) is 6.44. The van der Waals surface area contributed by atoms with E-state index in [0.717, 1.165) is 12.1 Å². The highest BCUT2D eigenvalue weighted by molar-refractivity contribution is 5.94. The Kier molecular flexibility index (Phi) is 6.49. The average Bonchev–Trinajstić information content (AvgIpc) is 3.17. The van der Waals surface area contributed by atoms with Crippen molar-refractivity contribution in [2.45, 2.75) is 12.4 Å². The molecule has 0 saturated heterocycles. The van der Waals surface area contributed by atoms with Crippen molar-refractivity contribution in [3.63, 3.8) is 0 Å². The van der Waals surface area contributed by atoms with E-state index in [2.05, 4.69) is 25.1 Å². The van der Waals surface area contributed by atoms with Gasteiger partial charge in [-0.3, -0.25) is 9.48 Å². The van der Waals surface area contributed by atoms with Crippen molar-refractivity contribution in [1.82, 2.24) is 25.1 Å². The predicted molar refractivity (Wildman–Crippen MR) is 101 cm³/mol. The molecule has 2 heterocycles. The van der Waals surface area contributed by atoms with E-state index in [0.29, 0.717) is 11.1 Å². The molecule has 2 N–H and O–H groups in total. The third-order valence-corrected chi connectivity index (χ3v) is 4.05. The Balaban J connectivity index is 2.00. The fourth-order valence-electron chi connectivity index (χ4n) is 2.60. The largest absolute Gasteiger partial charge is 0.573 e. The first-order valence-corrected chi connectivity index (χ1v) is 8.90. The number of benzene rings is 1. The fraction of sp³-hybridized carbons (Fsp3) is 0.263. The summed E-state index contributed by atoms with van der Waals surface area (Å²) in [5, 5.41) is 15.4. The van der Waals surface area contributed by atoms with Crippen molar-refractivity contribution in [2.75, 3.05) is 13.3 Å². The Hall–Kier alpha value is -3.54. The number of aromatic nitrogens is 4. The SMILES string of the molecule is Cn1cc(-c2nc(C(=O)NC(CO)CF)cc(-c3ccc(OC(F)(F)F)cc3)n2)cn1. The first kappa shape index (κ1) is 22.2. The van der Waals surface area contributed by atoms with Gasteiger partial charge in [0.15, 0.2) is 5.82 Å². The summed E-state index contributed by atoms with van der Waals surface area (Å²) in [5.41, 5.74) is 0.990. The highest BCUT2D eigenvalue weighted by atomic mass is 19.4. The second-order valence-electron chi connectivity index (χ2n) is 6.44. The lowest BCUT2D eigenvalue weighted by molar-refractivity contribution is -0.274. The summed E-state index contributed by atoms with van der Waals surface area (Å²) in [4.78, 5) is 21.0. The molecule has 1 amide bonds. The van der Waals surface area contributed by atoms with Gasteiger partial charge in [-0.05, 0) is 30.3 Å². The average molecular weight is 439 g/mol. The van der Waals surface area contributed by atoms with Crippen LogP contribution in [0.2, 0.25) is 0 Å². The topological polar surface area (TPSA) is 102 Å². The van der Waals surface area contributed by atoms with Crippen molar-refractivity contribution in [1.29, 1.82) is 0 Å². The molecule has 164 valence electrons. The van der Waals surface area contributed by atoms with E-state index in [1.54, 1.807) is 13.2 Å². The molecule has 0 saturated carbocycles. The Bertz CT molecular complexity index is 1050. The minimum atomic E-state index is -4.82. The molecule has 0 aliphatic carbocycles. The van der Waals surface area contributed by atoms with Crippen LogP contribution in [0.3, 0.4) is 0 Å². The molecule has 2 aromatic heterocycles. The molecule has 8 nitrogen and oxygen atoms in total. The third-order valence-electron chi connectivity index (χ3n) is 4.05. The number of ether oxygens (including phenoxy) is 1. The van der Waals surface area contributed by atoms with Crippen molar-refractivity contribution in [3.05, 3.63) is 48.4 Å². The van der Waals surface area contributed by atoms with Gasteiger partial charge in [0.1, 0.15) is 18.1 Å². The Labute approximate surface area is 173 Å². The summed E-state index contributed by atoms with van der Waals surface area (Å²) < 4.78 is 55.3. The molecular formula is C19H17F4N5O3. The zero-order valence-electron chi connectivity index (χ0n) is 16.1. The Morgan fingerprint density at radius 3 is 2.48 bits per heavy atom. The molecule has 3 aromatic rings. The molecule has 1 unspecified atom stereocenters. The highest BCUT2D eigenvalue weighted by Gasteiger charge is 2.31. The van der Waals surface area contributed by atoms with Crippen LogP contribution in [-0.4, -0.2) is 56.4 Å². The van der Waals surface area contributed by atoms with Gasteiger partial charge in [-0.1, -0.05) is 0 Å². The third kappa shape index (κ3) is 5.75. The van der Waals surface area contributed by atoms with E-state index in [1.807, 2.05) is 0 Å². The van der Waals surface area contributed by atoms with Crippen LogP contribution in [-0.2, 0) is 7.05 Å². The number of amides is 1. The molecular weight excluding hydrogens is 422 g/mol. The minimum absolute atomic E-state index is 0.119. The van der Waals surface area contributed by atoms with E-state index in [1.165, 1.54) is 29.1 Å². The smallest absolute Gasteiger partial charge is 0.406 e. The Morgan fingerprint density at radius 1 is 1.23 bits per heavy atom. The van der Waals surface area contributed by atoms with Crippen LogP contribution in [0.15, 0.2) is 42.7 Å². The molecule has 0 fully saturated rings. The van der Waals surface area contributed by atoms with E-state index < -0.39 is 37.3 Å². The van der Waals surface area contributed by atoms with Crippen LogP contribution in [0.4, 0.5) is 17.6 Å². The lowest BCUT2D eigenvalue weighted by Crippen LogP contribution is -2.39. The van der Waals surface area contributed by atoms with Gasteiger partial charge in [0, 0.05) is 18.8 Å². The number of aryl methyl sites for hydroxylation is 1. The zero-order chi connectivity index (χ0) is 22.6. The molecule has 0 aliphatic heterocycles. The summed E-state index contributed by atoms with van der Waals surface area (Å²) in [6.45, 7) is -1.58. The van der Waals surface area contributed by atoms with Gasteiger partial charge in [-0.2, -0.15) is 5.10 Å². The number of nitrogens with zero attached hydrogens (tertiary/aromatic N) is 4. The molecule has 1 aromatic carbocycles. The van der Waals surface area contributed by atoms with Crippen molar-refractivity contribution in [2.24, 2.45) is 7.05 Å². The van der Waals surface area contributed by atoms with Gasteiger partial charge in [-0.15, -0.1) is 13.2 Å². The number of nitrogens with one attached hydrogen (secondary N) is 1. The van der Waals surface area contributed by atoms with Gasteiger partial charge in [-0.25, -0.2) is 14.4 Å². The number of hydrogen-bond donors (Lipinski definition) is 2. The van der Waals surface area contributed by atoms with E-state index in [-0.39, 0.29) is 17.2 Å². The first-order chi connectivity index (χ1) is 14.7. The van der Waals surface area contributed by atoms with Gasteiger partial charge in [0.25, 0.3) is 5.91 Å². The van der Waals surface area contributed by atoms with Crippen LogP contribution in [0.1, 0.15) is 10.5 Å². The summed E-state index contributed by atoms with van der Waals surface area (Å²) >= 11 is 0. The first-order valence-electron chi connectivity index (χ1n) is 8.90. The molecule has 12 heteroatoms. The van der Waals surface area contributed by atoms with Crippen molar-refractivity contribution >= 4 is 5.91 Å². The quantitative estimate of drug-likeness (QED) is 0.549. The number of rotatable bonds is 7. The van der Waals surface area contributed by atoms with Crippen LogP contribution in [0.5, 0.6) is 5.75 Å². The van der Waals surface area contributed by atoms with Crippen LogP contribution in [0.25, 0.3) is 22.6 Å². The summed E-state index contributed by atoms with van der Waals surface area (Å²) in [7, 11) is 1.67. The van der Waals surface area contributed by atoms with E-state index >= 15 is 0 Å². The Morgan fingerprint density at radius 2 is 1.94 bits per heavy atom. The normalized spacial score (nSPS) is 12.5. The number of carbonyl (C=O) groups excluding carboxylic acids is 1. The maximum Gasteiger partial charge on any atom is 0.573 e. The molecule has 0 spiro atoms. The lowest BCUT2D eigenvalue weighted by atomic mass is 10.1. The van der Waals surface area contributed by atoms with Gasteiger partial charge < -0.3 is 15.2 Å². The standard InChI is InChI=1S/C19H17F4N5O3/c1-28-9-12(8-24-28)17-26-15(6-16(27-17)18(30)25-13(7-20)10-29)11-2-4-14(5-3-11)31-19(21,22)23/h2-6,8-9,13,29H,7,10H2,1H3,(H,25,30). The summed E-state index contributed by atoms with van der Waals surface area (Å²) in [5.74, 6) is -1.03. The number of aliphatic hydroxyl groups excluding tert-OH is 1. The summed E-state index contributed by atoms with van der Waals surface area (Å²) in [6.07, 6.45) is -1.74. The molecule has 0 radical (unpaired) electrons. The van der Waals surface area contributed by atoms with Crippen LogP contribution in [0, 0.1) is 0 Å². The number of halogens is 4. The lowest BCUT2D eigenvalue weighted by Gasteiger charge is -2.13. The second kappa shape index (κ2) is 9.08. The molecule has 3 rings (SSSR count). The van der Waals surface area contributed by atoms with Gasteiger partial charge in [0.2, 0.25) is 0 Å². The number of carbonyl (C=O) groups is 1. The molecule has 31 heavy (non-hydrogen) atoms. The van der Waals surface area contributed by atoms with Crippen molar-refractivity contribution < 1.29 is 32.2 Å². The molecule has 0 bridgehead atoms. The monoisotopic (exact) mass is 439 g/mol. The number of aliphatic hydroxyl groups is 1. The van der Waals surface area contributed by atoms with Crippen LogP contribution < -0.4 is 10.1 Å². The summed E-state index contributed by atoms with van der Waals surface area (Å²) in [6, 6.07) is 5.11. The molecule has 0 aliphatic rings. The van der Waals surface area contributed by atoms with Gasteiger partial charge >= 0.3 is 6.36 Å². The number of alkyl halides is 4. The zero-order valence-corrected chi connectivity index (χ0v) is 16.1. The minimum Gasteiger partial charge on any atom is -0.406 e. The predicted octanol–water partition coefficient (Wildman–Crippen LogP) is 2.50. The van der Waals surface area contributed by atoms with E-state index in [4.69, 9.17) is 5.11 Å². The van der Waals surface area contributed by atoms with E-state index in [9.17, 15) is 22.4 Å².